The zero-order chi connectivity index (χ0) is 38.2. The number of halogens is 2. The lowest BCUT2D eigenvalue weighted by atomic mass is 9.81. The fourth-order valence-corrected chi connectivity index (χ4v) is 8.95. The van der Waals surface area contributed by atoms with Crippen LogP contribution in [0.15, 0.2) is 65.5 Å². The summed E-state index contributed by atoms with van der Waals surface area (Å²) in [6, 6.07) is 18.7. The number of esters is 1. The molecule has 4 heterocycles. The molecule has 288 valence electrons. The number of hydrogen-bond acceptors (Lipinski definition) is 10. The summed E-state index contributed by atoms with van der Waals surface area (Å²) in [6.45, 7) is 3.17. The molecule has 0 spiro atoms. The summed E-state index contributed by atoms with van der Waals surface area (Å²) in [7, 11) is 0. The molecule has 2 atom stereocenters. The highest BCUT2D eigenvalue weighted by atomic mass is 35.5. The minimum atomic E-state index is -1.97. The van der Waals surface area contributed by atoms with E-state index in [4.69, 9.17) is 29.7 Å². The molecule has 4 aliphatic rings. The molecule has 2 aliphatic heterocycles. The van der Waals surface area contributed by atoms with Crippen molar-refractivity contribution in [3.8, 4) is 22.5 Å². The molecule has 0 radical (unpaired) electrons. The fraction of sp³-hybridized carbons (Fsp3) is 0.310. The standard InChI is InChI=1S/C42H37FN4O8.ClH/c1-3-42(55-41(51)52-15-14-44)30-16-34-37-27(18-47(34)38(48)29(30)20-53-39(42)49)36-32(13-12-22-21(2)31(43)17-33(45-37)35(22)36)46-40(50)54-19-28-25-10-6-4-8-23(25)24-9-5-7-11-26(24)28;/h4-11,16-17,28,32H,3,12-15,18-20,44H2,1-2H3,(H,46,50);1H/t32-,42-;/m0./s1. The number of nitrogens with zero attached hydrogens (tertiary/aromatic N) is 2. The van der Waals surface area contributed by atoms with Crippen LogP contribution in [0.4, 0.5) is 14.0 Å². The van der Waals surface area contributed by atoms with Crippen LogP contribution in [0.2, 0.25) is 0 Å². The van der Waals surface area contributed by atoms with Crippen molar-refractivity contribution in [1.82, 2.24) is 14.9 Å². The number of nitrogens with one attached hydrogen (secondary N) is 1. The number of cyclic esters (lactones) is 1. The van der Waals surface area contributed by atoms with Crippen molar-refractivity contribution in [2.24, 2.45) is 5.73 Å². The highest BCUT2D eigenvalue weighted by molar-refractivity contribution is 5.94. The van der Waals surface area contributed by atoms with Gasteiger partial charge in [0.05, 0.1) is 35.1 Å². The van der Waals surface area contributed by atoms with Crippen LogP contribution in [-0.2, 0) is 48.9 Å². The molecule has 0 saturated carbocycles. The van der Waals surface area contributed by atoms with Gasteiger partial charge in [-0.2, -0.15) is 0 Å². The van der Waals surface area contributed by atoms with Crippen molar-refractivity contribution < 1.29 is 37.7 Å². The summed E-state index contributed by atoms with van der Waals surface area (Å²) >= 11 is 0. The number of benzene rings is 3. The largest absolute Gasteiger partial charge is 0.509 e. The predicted molar refractivity (Wildman–Crippen MR) is 205 cm³/mol. The number of aromatic nitrogens is 2. The van der Waals surface area contributed by atoms with Gasteiger partial charge in [0, 0.05) is 35.0 Å². The molecule has 0 bridgehead atoms. The van der Waals surface area contributed by atoms with Crippen LogP contribution in [0.5, 0.6) is 0 Å². The Kier molecular flexibility index (Phi) is 9.32. The van der Waals surface area contributed by atoms with Crippen LogP contribution in [-0.4, -0.2) is 47.5 Å². The van der Waals surface area contributed by atoms with Crippen molar-refractivity contribution in [3.63, 3.8) is 0 Å². The number of nitrogens with two attached hydrogens (primary N) is 1. The van der Waals surface area contributed by atoms with E-state index in [2.05, 4.69) is 29.6 Å². The molecule has 2 aliphatic carbocycles. The molecule has 0 saturated heterocycles. The average Bonchev–Trinajstić information content (AvgIpc) is 3.72. The van der Waals surface area contributed by atoms with Crippen LogP contribution in [0.3, 0.4) is 0 Å². The zero-order valence-electron chi connectivity index (χ0n) is 30.6. The molecule has 9 rings (SSSR count). The summed E-state index contributed by atoms with van der Waals surface area (Å²) in [6.07, 6.45) is -0.846. The Hall–Kier alpha value is -5.79. The lowest BCUT2D eigenvalue weighted by Crippen LogP contribution is -2.47. The van der Waals surface area contributed by atoms with Crippen LogP contribution in [0.25, 0.3) is 33.4 Å². The van der Waals surface area contributed by atoms with Gasteiger partial charge >= 0.3 is 18.2 Å². The van der Waals surface area contributed by atoms with Crippen molar-refractivity contribution in [2.75, 3.05) is 19.8 Å². The maximum atomic E-state index is 15.5. The number of fused-ring (bicyclic) bond motifs is 8. The van der Waals surface area contributed by atoms with Gasteiger partial charge in [0.25, 0.3) is 5.56 Å². The topological polar surface area (TPSA) is 161 Å². The molecule has 0 unspecified atom stereocenters. The summed E-state index contributed by atoms with van der Waals surface area (Å²) in [4.78, 5) is 59.0. The van der Waals surface area contributed by atoms with Gasteiger partial charge in [0.15, 0.2) is 0 Å². The number of ether oxygens (including phenoxy) is 4. The van der Waals surface area contributed by atoms with E-state index >= 15 is 4.39 Å². The van der Waals surface area contributed by atoms with Gasteiger partial charge in [0.1, 0.15) is 25.6 Å². The maximum Gasteiger partial charge on any atom is 0.509 e. The first-order valence-corrected chi connectivity index (χ1v) is 18.4. The molecule has 14 heteroatoms. The van der Waals surface area contributed by atoms with Crippen LogP contribution >= 0.6 is 12.4 Å². The zero-order valence-corrected chi connectivity index (χ0v) is 31.4. The van der Waals surface area contributed by atoms with Crippen LogP contribution in [0.1, 0.15) is 76.2 Å². The van der Waals surface area contributed by atoms with Gasteiger partial charge in [-0.1, -0.05) is 55.5 Å². The SMILES string of the molecule is CC[C@@]1(OC(=O)OCCN)C(=O)OCc2c1cc1n(c2=O)Cc2c-1nc1cc(F)c(C)c3c1c2[C@@H](NC(=O)OCC1c2ccccc2-c2ccccc21)CC3.Cl. The molecule has 3 aromatic carbocycles. The monoisotopic (exact) mass is 780 g/mol. The summed E-state index contributed by atoms with van der Waals surface area (Å²) in [5, 5.41) is 3.83. The van der Waals surface area contributed by atoms with E-state index in [0.29, 0.717) is 40.9 Å². The number of aryl methyl sites for hydroxylation is 1. The first-order valence-electron chi connectivity index (χ1n) is 18.4. The number of hydrogen-bond donors (Lipinski definition) is 2. The van der Waals surface area contributed by atoms with Crippen molar-refractivity contribution in [3.05, 3.63) is 121 Å². The van der Waals surface area contributed by atoms with Gasteiger partial charge in [-0.15, -0.1) is 12.4 Å². The quantitative estimate of drug-likeness (QED) is 0.134. The van der Waals surface area contributed by atoms with E-state index in [-0.39, 0.29) is 68.8 Å². The number of pyridine rings is 2. The molecule has 2 aromatic heterocycles. The van der Waals surface area contributed by atoms with Crippen molar-refractivity contribution >= 4 is 41.5 Å². The van der Waals surface area contributed by atoms with Crippen LogP contribution in [0, 0.1) is 12.7 Å². The average molecular weight is 781 g/mol. The van der Waals surface area contributed by atoms with Crippen molar-refractivity contribution in [1.29, 1.82) is 0 Å². The molecule has 5 aromatic rings. The second-order valence-electron chi connectivity index (χ2n) is 14.3. The molecule has 1 amide bonds. The molecule has 56 heavy (non-hydrogen) atoms. The summed E-state index contributed by atoms with van der Waals surface area (Å²) < 4.78 is 39.0. The van der Waals surface area contributed by atoms with Gasteiger partial charge in [-0.05, 0) is 71.2 Å². The normalized spacial score (nSPS) is 18.4. The molecule has 0 fully saturated rings. The molecule has 12 nitrogen and oxygen atoms in total. The molecule has 3 N–H and O–H groups in total. The Labute approximate surface area is 326 Å². The number of rotatable bonds is 7. The smallest absolute Gasteiger partial charge is 0.457 e. The molecular formula is C42H38ClFN4O8. The third-order valence-electron chi connectivity index (χ3n) is 11.6. The lowest BCUT2D eigenvalue weighted by Gasteiger charge is -2.35. The minimum absolute atomic E-state index is 0. The Balaban J connectivity index is 0.00000441. The predicted octanol–water partition coefficient (Wildman–Crippen LogP) is 6.59. The number of amides is 1. The third kappa shape index (κ3) is 5.54. The highest BCUT2D eigenvalue weighted by Gasteiger charge is 2.51. The Morgan fingerprint density at radius 3 is 2.45 bits per heavy atom. The van der Waals surface area contributed by atoms with E-state index < -0.39 is 41.2 Å². The minimum Gasteiger partial charge on any atom is -0.457 e. The number of carbonyl (C=O) groups is 3. The third-order valence-corrected chi connectivity index (χ3v) is 11.6. The number of alkyl carbamates (subject to hydrolysis) is 1. The van der Waals surface area contributed by atoms with Crippen LogP contribution < -0.4 is 16.6 Å². The van der Waals surface area contributed by atoms with E-state index in [1.165, 1.54) is 10.6 Å². The maximum absolute atomic E-state index is 15.5. The Morgan fingerprint density at radius 2 is 1.75 bits per heavy atom. The van der Waals surface area contributed by atoms with Gasteiger partial charge in [-0.25, -0.2) is 23.8 Å². The van der Waals surface area contributed by atoms with Gasteiger partial charge in [-0.3, -0.25) is 4.79 Å². The lowest BCUT2D eigenvalue weighted by molar-refractivity contribution is -0.175. The first kappa shape index (κ1) is 37.1. The summed E-state index contributed by atoms with van der Waals surface area (Å²) in [5.41, 5.74) is 11.6. The van der Waals surface area contributed by atoms with E-state index in [0.717, 1.165) is 38.8 Å². The van der Waals surface area contributed by atoms with E-state index in [1.54, 1.807) is 19.9 Å². The van der Waals surface area contributed by atoms with Gasteiger partial charge < -0.3 is 34.6 Å². The van der Waals surface area contributed by atoms with Crippen molar-refractivity contribution in [2.45, 2.75) is 63.8 Å². The number of carbonyl (C=O) groups excluding carboxylic acids is 3. The summed E-state index contributed by atoms with van der Waals surface area (Å²) in [5.74, 6) is -1.38. The van der Waals surface area contributed by atoms with E-state index in [1.807, 2.05) is 24.3 Å². The van der Waals surface area contributed by atoms with Gasteiger partial charge in [0.2, 0.25) is 5.60 Å². The Morgan fingerprint density at radius 1 is 1.04 bits per heavy atom. The second-order valence-corrected chi connectivity index (χ2v) is 14.3. The molecular weight excluding hydrogens is 743 g/mol. The second kappa shape index (κ2) is 14.1. The van der Waals surface area contributed by atoms with E-state index in [9.17, 15) is 19.2 Å². The Bertz CT molecular complexity index is 2510. The fourth-order valence-electron chi connectivity index (χ4n) is 8.95. The first-order chi connectivity index (χ1) is 26.6. The highest BCUT2D eigenvalue weighted by Crippen LogP contribution is 2.47.